The predicted octanol–water partition coefficient (Wildman–Crippen LogP) is 2.56. The Balaban J connectivity index is 3.21. The van der Waals surface area contributed by atoms with E-state index in [1.165, 1.54) is 13.2 Å². The van der Waals surface area contributed by atoms with Gasteiger partial charge in [0.15, 0.2) is 5.92 Å². The summed E-state index contributed by atoms with van der Waals surface area (Å²) in [5.74, 6) is -2.11. The van der Waals surface area contributed by atoms with Crippen LogP contribution in [0.15, 0.2) is 18.2 Å². The maximum atomic E-state index is 12.0. The van der Waals surface area contributed by atoms with Crippen LogP contribution in [0.1, 0.15) is 25.3 Å². The van der Waals surface area contributed by atoms with Gasteiger partial charge in [-0.1, -0.05) is 11.6 Å². The minimum Gasteiger partial charge on any atom is -0.497 e. The second-order valence-electron chi connectivity index (χ2n) is 3.82. The second-order valence-corrected chi connectivity index (χ2v) is 4.23. The number of carbonyl (C=O) groups excluding carboxylic acids is 2. The number of ether oxygens (including phenoxy) is 3. The molecule has 6 heteroatoms. The fourth-order valence-electron chi connectivity index (χ4n) is 1.67. The molecule has 0 unspecified atom stereocenters. The van der Waals surface area contributed by atoms with Crippen LogP contribution in [0.4, 0.5) is 0 Å². The van der Waals surface area contributed by atoms with Crippen LogP contribution in [0.3, 0.4) is 0 Å². The highest BCUT2D eigenvalue weighted by atomic mass is 35.5. The van der Waals surface area contributed by atoms with Crippen molar-refractivity contribution in [2.24, 2.45) is 0 Å². The fourth-order valence-corrected chi connectivity index (χ4v) is 1.90. The smallest absolute Gasteiger partial charge is 0.324 e. The molecule has 0 saturated carbocycles. The van der Waals surface area contributed by atoms with E-state index in [-0.39, 0.29) is 18.2 Å². The summed E-state index contributed by atoms with van der Waals surface area (Å²) >= 11 is 6.07. The fraction of sp³-hybridized carbons (Fsp3) is 0.429. The molecule has 0 radical (unpaired) electrons. The molecule has 1 rings (SSSR count). The summed E-state index contributed by atoms with van der Waals surface area (Å²) in [5.41, 5.74) is 0.308. The Morgan fingerprint density at radius 2 is 1.70 bits per heavy atom. The molecule has 0 saturated heterocycles. The van der Waals surface area contributed by atoms with Crippen molar-refractivity contribution in [3.8, 4) is 5.75 Å². The summed E-state index contributed by atoms with van der Waals surface area (Å²) < 4.78 is 14.9. The average molecular weight is 301 g/mol. The lowest BCUT2D eigenvalue weighted by Crippen LogP contribution is -2.26. The number of methoxy groups -OCH3 is 1. The van der Waals surface area contributed by atoms with E-state index < -0.39 is 17.9 Å². The maximum Gasteiger partial charge on any atom is 0.324 e. The van der Waals surface area contributed by atoms with E-state index in [1.54, 1.807) is 26.0 Å². The van der Waals surface area contributed by atoms with Crippen LogP contribution in [-0.2, 0) is 19.1 Å². The van der Waals surface area contributed by atoms with Gasteiger partial charge in [0.2, 0.25) is 0 Å². The highest BCUT2D eigenvalue weighted by Gasteiger charge is 2.33. The second kappa shape index (κ2) is 7.75. The Bertz CT molecular complexity index is 468. The summed E-state index contributed by atoms with van der Waals surface area (Å²) in [6.45, 7) is 3.65. The number of benzene rings is 1. The molecule has 110 valence electrons. The minimum atomic E-state index is -1.21. The van der Waals surface area contributed by atoms with Crippen LogP contribution < -0.4 is 4.74 Å². The Morgan fingerprint density at radius 3 is 2.15 bits per heavy atom. The summed E-state index contributed by atoms with van der Waals surface area (Å²) in [4.78, 5) is 24.0. The average Bonchev–Trinajstić information content (AvgIpc) is 2.42. The number of hydrogen-bond donors (Lipinski definition) is 0. The molecule has 0 bridgehead atoms. The lowest BCUT2D eigenvalue weighted by molar-refractivity contribution is -0.156. The maximum absolute atomic E-state index is 12.0. The third-order valence-electron chi connectivity index (χ3n) is 2.56. The molecule has 5 nitrogen and oxygen atoms in total. The first kappa shape index (κ1) is 16.3. The van der Waals surface area contributed by atoms with Gasteiger partial charge < -0.3 is 14.2 Å². The van der Waals surface area contributed by atoms with Gasteiger partial charge in [-0.05, 0) is 37.6 Å². The van der Waals surface area contributed by atoms with Crippen LogP contribution in [0.2, 0.25) is 5.02 Å². The van der Waals surface area contributed by atoms with Crippen LogP contribution in [-0.4, -0.2) is 32.3 Å². The first-order valence-electron chi connectivity index (χ1n) is 6.21. The van der Waals surface area contributed by atoms with Gasteiger partial charge >= 0.3 is 11.9 Å². The topological polar surface area (TPSA) is 61.8 Å². The third kappa shape index (κ3) is 3.87. The number of halogens is 1. The van der Waals surface area contributed by atoms with Gasteiger partial charge in [-0.25, -0.2) is 0 Å². The van der Waals surface area contributed by atoms with E-state index in [1.807, 2.05) is 0 Å². The third-order valence-corrected chi connectivity index (χ3v) is 2.90. The molecule has 0 fully saturated rings. The Morgan fingerprint density at radius 1 is 1.15 bits per heavy atom. The standard InChI is InChI=1S/C14H17ClO5/c1-4-19-13(16)12(14(17)20-5-2)10-8-9(18-3)6-7-11(10)15/h6-8,12H,4-5H2,1-3H3. The van der Waals surface area contributed by atoms with Gasteiger partial charge in [0, 0.05) is 5.02 Å². The molecule has 0 aliphatic rings. The van der Waals surface area contributed by atoms with Crippen LogP contribution >= 0.6 is 11.6 Å². The van der Waals surface area contributed by atoms with Crippen molar-refractivity contribution >= 4 is 23.5 Å². The van der Waals surface area contributed by atoms with Gasteiger partial charge in [-0.2, -0.15) is 0 Å². The van der Waals surface area contributed by atoms with Crippen LogP contribution in [0.5, 0.6) is 5.75 Å². The molecule has 0 spiro atoms. The van der Waals surface area contributed by atoms with E-state index >= 15 is 0 Å². The van der Waals surface area contributed by atoms with Crippen molar-refractivity contribution in [1.82, 2.24) is 0 Å². The van der Waals surface area contributed by atoms with Crippen molar-refractivity contribution in [1.29, 1.82) is 0 Å². The molecular weight excluding hydrogens is 284 g/mol. The molecule has 0 aliphatic carbocycles. The lowest BCUT2D eigenvalue weighted by Gasteiger charge is -2.16. The zero-order valence-corrected chi connectivity index (χ0v) is 12.4. The van der Waals surface area contributed by atoms with Gasteiger partial charge in [0.25, 0.3) is 0 Å². The minimum absolute atomic E-state index is 0.163. The van der Waals surface area contributed by atoms with Crippen molar-refractivity contribution < 1.29 is 23.8 Å². The quantitative estimate of drug-likeness (QED) is 0.597. The van der Waals surface area contributed by atoms with Crippen molar-refractivity contribution in [3.63, 3.8) is 0 Å². The van der Waals surface area contributed by atoms with Gasteiger partial charge in [0.1, 0.15) is 5.75 Å². The van der Waals surface area contributed by atoms with Crippen LogP contribution in [0, 0.1) is 0 Å². The molecule has 0 aliphatic heterocycles. The zero-order chi connectivity index (χ0) is 15.1. The van der Waals surface area contributed by atoms with E-state index in [2.05, 4.69) is 0 Å². The summed E-state index contributed by atoms with van der Waals surface area (Å²) in [5, 5.41) is 0.275. The molecule has 20 heavy (non-hydrogen) atoms. The Labute approximate surface area is 122 Å². The molecule has 0 heterocycles. The van der Waals surface area contributed by atoms with Gasteiger partial charge in [-0.15, -0.1) is 0 Å². The molecule has 0 aromatic heterocycles. The molecule has 0 amide bonds. The van der Waals surface area contributed by atoms with E-state index in [0.29, 0.717) is 11.3 Å². The first-order valence-corrected chi connectivity index (χ1v) is 6.59. The molecule has 0 N–H and O–H groups in total. The monoisotopic (exact) mass is 300 g/mol. The van der Waals surface area contributed by atoms with Crippen LogP contribution in [0.25, 0.3) is 0 Å². The van der Waals surface area contributed by atoms with E-state index in [9.17, 15) is 9.59 Å². The number of esters is 2. The van der Waals surface area contributed by atoms with Gasteiger partial charge in [0.05, 0.1) is 20.3 Å². The predicted molar refractivity (Wildman–Crippen MR) is 74.0 cm³/mol. The number of carbonyl (C=O) groups is 2. The number of rotatable bonds is 6. The zero-order valence-electron chi connectivity index (χ0n) is 11.6. The summed E-state index contributed by atoms with van der Waals surface area (Å²) in [6.07, 6.45) is 0. The largest absolute Gasteiger partial charge is 0.497 e. The Hall–Kier alpha value is -1.75. The number of hydrogen-bond acceptors (Lipinski definition) is 5. The SMILES string of the molecule is CCOC(=O)C(C(=O)OCC)c1cc(OC)ccc1Cl. The van der Waals surface area contributed by atoms with Gasteiger partial charge in [-0.3, -0.25) is 9.59 Å². The molecule has 0 atom stereocenters. The highest BCUT2D eigenvalue weighted by molar-refractivity contribution is 6.32. The summed E-state index contributed by atoms with van der Waals surface area (Å²) in [7, 11) is 1.48. The highest BCUT2D eigenvalue weighted by Crippen LogP contribution is 2.30. The van der Waals surface area contributed by atoms with E-state index in [4.69, 9.17) is 25.8 Å². The van der Waals surface area contributed by atoms with Crippen molar-refractivity contribution in [3.05, 3.63) is 28.8 Å². The molecular formula is C14H17ClO5. The molecule has 1 aromatic carbocycles. The molecule has 1 aromatic rings. The normalized spacial score (nSPS) is 10.2. The first-order chi connectivity index (χ1) is 9.54. The van der Waals surface area contributed by atoms with Crippen molar-refractivity contribution in [2.45, 2.75) is 19.8 Å². The van der Waals surface area contributed by atoms with E-state index in [0.717, 1.165) is 0 Å². The Kier molecular flexibility index (Phi) is 6.31. The van der Waals surface area contributed by atoms with Crippen molar-refractivity contribution in [2.75, 3.05) is 20.3 Å². The summed E-state index contributed by atoms with van der Waals surface area (Å²) in [6, 6.07) is 4.72. The lowest BCUT2D eigenvalue weighted by atomic mass is 9.99.